The number of amides is 1. The van der Waals surface area contributed by atoms with Gasteiger partial charge in [0.1, 0.15) is 0 Å². The number of unbranched alkanes of at least 4 members (excludes halogenated alkanes) is 2. The number of rotatable bonds is 11. The van der Waals surface area contributed by atoms with E-state index in [0.29, 0.717) is 22.9 Å². The van der Waals surface area contributed by atoms with Crippen molar-refractivity contribution in [3.05, 3.63) is 78.0 Å². The Hall–Kier alpha value is -3.54. The predicted molar refractivity (Wildman–Crippen MR) is 123 cm³/mol. The number of anilines is 1. The van der Waals surface area contributed by atoms with Crippen molar-refractivity contribution in [2.45, 2.75) is 32.7 Å². The smallest absolute Gasteiger partial charge is 0.250 e. The number of para-hydroxylation sites is 1. The van der Waals surface area contributed by atoms with Gasteiger partial charge in [-0.2, -0.15) is 0 Å². The van der Waals surface area contributed by atoms with Gasteiger partial charge < -0.3 is 20.1 Å². The average molecular weight is 420 g/mol. The van der Waals surface area contributed by atoms with Crippen LogP contribution in [0.25, 0.3) is 0 Å². The van der Waals surface area contributed by atoms with Crippen LogP contribution in [0.4, 0.5) is 5.69 Å². The minimum atomic E-state index is -0.525. The number of carbonyl (C=O) groups is 1. The first kappa shape index (κ1) is 22.2. The van der Waals surface area contributed by atoms with Crippen molar-refractivity contribution in [2.24, 2.45) is 5.73 Å². The highest BCUT2D eigenvalue weighted by Crippen LogP contribution is 2.32. The highest BCUT2D eigenvalue weighted by atomic mass is 16.5. The summed E-state index contributed by atoms with van der Waals surface area (Å²) in [5.74, 6) is 1.02. The largest absolute Gasteiger partial charge is 0.493 e. The molecule has 0 aliphatic carbocycles. The Morgan fingerprint density at radius 1 is 1.03 bits per heavy atom. The maximum atomic E-state index is 11.2. The fraction of sp³-hybridized carbons (Fsp3) is 0.280. The maximum Gasteiger partial charge on any atom is 0.250 e. The summed E-state index contributed by atoms with van der Waals surface area (Å²) in [6, 6.07) is 19.5. The number of nitrogens with zero attached hydrogens (tertiary/aromatic N) is 2. The van der Waals surface area contributed by atoms with Gasteiger partial charge in [-0.25, -0.2) is 4.98 Å². The minimum Gasteiger partial charge on any atom is -0.493 e. The molecular weight excluding hydrogens is 390 g/mol. The summed E-state index contributed by atoms with van der Waals surface area (Å²) >= 11 is 0. The van der Waals surface area contributed by atoms with Crippen LogP contribution in [0.5, 0.6) is 17.4 Å². The summed E-state index contributed by atoms with van der Waals surface area (Å²) in [4.78, 5) is 17.7. The van der Waals surface area contributed by atoms with Gasteiger partial charge in [-0.3, -0.25) is 4.79 Å². The number of methoxy groups -OCH3 is 1. The number of hydrogen-bond acceptors (Lipinski definition) is 5. The molecule has 31 heavy (non-hydrogen) atoms. The molecule has 0 spiro atoms. The van der Waals surface area contributed by atoms with Crippen molar-refractivity contribution in [3.8, 4) is 17.4 Å². The van der Waals surface area contributed by atoms with Crippen LogP contribution in [0.1, 0.15) is 42.1 Å². The molecule has 0 radical (unpaired) electrons. The number of hydrogen-bond donors (Lipinski definition) is 1. The lowest BCUT2D eigenvalue weighted by molar-refractivity contribution is 0.1000. The van der Waals surface area contributed by atoms with Crippen molar-refractivity contribution < 1.29 is 14.3 Å². The van der Waals surface area contributed by atoms with E-state index in [1.165, 1.54) is 24.7 Å². The molecule has 1 heterocycles. The molecule has 6 nitrogen and oxygen atoms in total. The van der Waals surface area contributed by atoms with E-state index >= 15 is 0 Å². The summed E-state index contributed by atoms with van der Waals surface area (Å²) in [5, 5.41) is 0. The molecule has 2 aromatic carbocycles. The van der Waals surface area contributed by atoms with Gasteiger partial charge in [-0.15, -0.1) is 0 Å². The average Bonchev–Trinajstić information content (AvgIpc) is 2.80. The number of primary amides is 1. The third kappa shape index (κ3) is 6.22. The molecule has 0 bridgehead atoms. The summed E-state index contributed by atoms with van der Waals surface area (Å²) in [5.41, 5.74) is 7.92. The van der Waals surface area contributed by atoms with Gasteiger partial charge in [0.05, 0.1) is 12.7 Å². The molecule has 6 heteroatoms. The Kier molecular flexibility index (Phi) is 7.87. The number of pyridine rings is 1. The predicted octanol–water partition coefficient (Wildman–Crippen LogP) is 5.18. The molecular formula is C25H29N3O3. The van der Waals surface area contributed by atoms with Crippen molar-refractivity contribution >= 4 is 11.6 Å². The second-order valence-electron chi connectivity index (χ2n) is 7.30. The van der Waals surface area contributed by atoms with Crippen LogP contribution < -0.4 is 20.1 Å². The lowest BCUT2D eigenvalue weighted by Gasteiger charge is -2.25. The Morgan fingerprint density at radius 2 is 1.84 bits per heavy atom. The lowest BCUT2D eigenvalue weighted by atomic mass is 10.1. The van der Waals surface area contributed by atoms with Crippen LogP contribution >= 0.6 is 0 Å². The highest BCUT2D eigenvalue weighted by molar-refractivity contribution is 5.92. The van der Waals surface area contributed by atoms with Crippen molar-refractivity contribution in [1.82, 2.24) is 4.98 Å². The summed E-state index contributed by atoms with van der Waals surface area (Å²) < 4.78 is 11.4. The van der Waals surface area contributed by atoms with Gasteiger partial charge in [-0.05, 0) is 42.3 Å². The van der Waals surface area contributed by atoms with Crippen molar-refractivity contribution in [2.75, 3.05) is 18.6 Å². The molecule has 1 aromatic heterocycles. The molecule has 3 rings (SSSR count). The van der Waals surface area contributed by atoms with Crippen LogP contribution in [0.2, 0.25) is 0 Å². The van der Waals surface area contributed by atoms with Crippen LogP contribution in [0.3, 0.4) is 0 Å². The Labute approximate surface area is 183 Å². The molecule has 0 saturated heterocycles. The minimum absolute atomic E-state index is 0.332. The molecule has 1 amide bonds. The van der Waals surface area contributed by atoms with Gasteiger partial charge in [-0.1, -0.05) is 44.0 Å². The number of aromatic nitrogens is 1. The van der Waals surface area contributed by atoms with E-state index in [9.17, 15) is 4.79 Å². The Bertz CT molecular complexity index is 975. The quantitative estimate of drug-likeness (QED) is 0.433. The lowest BCUT2D eigenvalue weighted by Crippen LogP contribution is -2.23. The number of carbonyl (C=O) groups excluding carboxylic acids is 1. The highest BCUT2D eigenvalue weighted by Gasteiger charge is 2.12. The standard InChI is InChI=1S/C25H29N3O3/c1-3-4-8-15-28(21-9-6-5-7-10-21)18-19-11-13-22(23(16-19)30-2)31-24-14-12-20(17-27-24)25(26)29/h5-7,9-14,16-17H,3-4,8,15,18H2,1-2H3,(H2,26,29). The molecule has 0 unspecified atom stereocenters. The molecule has 162 valence electrons. The van der Waals surface area contributed by atoms with E-state index in [4.69, 9.17) is 15.2 Å². The zero-order valence-electron chi connectivity index (χ0n) is 18.1. The number of nitrogens with two attached hydrogens (primary N) is 1. The Morgan fingerprint density at radius 3 is 2.48 bits per heavy atom. The molecule has 2 N–H and O–H groups in total. The van der Waals surface area contributed by atoms with E-state index in [0.717, 1.165) is 25.1 Å². The van der Waals surface area contributed by atoms with Crippen LogP contribution in [-0.2, 0) is 6.54 Å². The zero-order valence-corrected chi connectivity index (χ0v) is 18.1. The van der Waals surface area contributed by atoms with E-state index in [1.54, 1.807) is 19.2 Å². The van der Waals surface area contributed by atoms with Crippen LogP contribution in [0.15, 0.2) is 66.9 Å². The maximum absolute atomic E-state index is 11.2. The van der Waals surface area contributed by atoms with E-state index in [2.05, 4.69) is 41.1 Å². The first-order chi connectivity index (χ1) is 15.1. The monoisotopic (exact) mass is 419 g/mol. The zero-order chi connectivity index (χ0) is 22.1. The topological polar surface area (TPSA) is 77.7 Å². The normalized spacial score (nSPS) is 10.5. The second-order valence-corrected chi connectivity index (χ2v) is 7.30. The summed E-state index contributed by atoms with van der Waals surface area (Å²) in [7, 11) is 1.62. The fourth-order valence-electron chi connectivity index (χ4n) is 3.31. The number of benzene rings is 2. The summed E-state index contributed by atoms with van der Waals surface area (Å²) in [6.07, 6.45) is 4.95. The van der Waals surface area contributed by atoms with E-state index < -0.39 is 5.91 Å². The molecule has 0 aliphatic heterocycles. The van der Waals surface area contributed by atoms with Gasteiger partial charge in [0.25, 0.3) is 0 Å². The fourth-order valence-corrected chi connectivity index (χ4v) is 3.31. The van der Waals surface area contributed by atoms with Crippen LogP contribution in [0, 0.1) is 0 Å². The molecule has 3 aromatic rings. The molecule has 0 saturated carbocycles. The molecule has 0 atom stereocenters. The van der Waals surface area contributed by atoms with Crippen LogP contribution in [-0.4, -0.2) is 24.5 Å². The molecule has 0 aliphatic rings. The van der Waals surface area contributed by atoms with E-state index in [1.807, 2.05) is 24.3 Å². The van der Waals surface area contributed by atoms with Crippen molar-refractivity contribution in [3.63, 3.8) is 0 Å². The SMILES string of the molecule is CCCCCN(Cc1ccc(Oc2ccc(C(N)=O)cn2)c(OC)c1)c1ccccc1. The van der Waals surface area contributed by atoms with Gasteiger partial charge in [0, 0.05) is 31.0 Å². The second kappa shape index (κ2) is 11.0. The summed E-state index contributed by atoms with van der Waals surface area (Å²) in [6.45, 7) is 3.98. The van der Waals surface area contributed by atoms with E-state index in [-0.39, 0.29) is 0 Å². The third-order valence-electron chi connectivity index (χ3n) is 4.99. The van der Waals surface area contributed by atoms with Gasteiger partial charge in [0.15, 0.2) is 11.5 Å². The first-order valence-corrected chi connectivity index (χ1v) is 10.5. The number of ether oxygens (including phenoxy) is 2. The van der Waals surface area contributed by atoms with Crippen molar-refractivity contribution in [1.29, 1.82) is 0 Å². The Balaban J connectivity index is 1.76. The first-order valence-electron chi connectivity index (χ1n) is 10.5. The van der Waals surface area contributed by atoms with Gasteiger partial charge in [0.2, 0.25) is 11.8 Å². The third-order valence-corrected chi connectivity index (χ3v) is 4.99. The molecule has 0 fully saturated rings. The van der Waals surface area contributed by atoms with Gasteiger partial charge >= 0.3 is 0 Å².